The normalized spacial score (nSPS) is 10.8. The molecule has 0 saturated heterocycles. The van der Waals surface area contributed by atoms with Gasteiger partial charge in [0.15, 0.2) is 11.5 Å². The number of rotatable bonds is 10. The van der Waals surface area contributed by atoms with Gasteiger partial charge in [-0.05, 0) is 38.7 Å². The van der Waals surface area contributed by atoms with Crippen molar-refractivity contribution in [1.29, 1.82) is 0 Å². The fraction of sp³-hybridized carbons (Fsp3) is 0.600. The molecule has 5 nitrogen and oxygen atoms in total. The van der Waals surface area contributed by atoms with Gasteiger partial charge in [0.2, 0.25) is 0 Å². The number of hydrogen-bond acceptors (Lipinski definition) is 5. The minimum Gasteiger partial charge on any atom is -0.490 e. The van der Waals surface area contributed by atoms with Crippen molar-refractivity contribution in [2.45, 2.75) is 13.5 Å². The molecule has 0 radical (unpaired) electrons. The number of likely N-dealkylation sites (N-methyl/N-ethyl adjacent to an activating group) is 1. The highest BCUT2D eigenvalue weighted by Crippen LogP contribution is 2.28. The average molecular weight is 282 g/mol. The molecule has 0 aliphatic rings. The van der Waals surface area contributed by atoms with Crippen molar-refractivity contribution >= 4 is 0 Å². The Kier molecular flexibility index (Phi) is 8.02. The van der Waals surface area contributed by atoms with E-state index in [2.05, 4.69) is 24.3 Å². The second kappa shape index (κ2) is 9.58. The number of ether oxygens (including phenoxy) is 2. The van der Waals surface area contributed by atoms with Gasteiger partial charge in [-0.2, -0.15) is 0 Å². The van der Waals surface area contributed by atoms with Gasteiger partial charge in [-0.3, -0.25) is 0 Å². The Bertz CT molecular complexity index is 383. The minimum atomic E-state index is -0.000588. The van der Waals surface area contributed by atoms with Crippen LogP contribution in [0.5, 0.6) is 11.5 Å². The monoisotopic (exact) mass is 282 g/mol. The summed E-state index contributed by atoms with van der Waals surface area (Å²) in [4.78, 5) is 2.14. The molecule has 1 aromatic rings. The first-order valence-corrected chi connectivity index (χ1v) is 7.02. The van der Waals surface area contributed by atoms with Gasteiger partial charge in [0.05, 0.1) is 13.2 Å². The molecule has 0 spiro atoms. The highest BCUT2D eigenvalue weighted by atomic mass is 16.5. The van der Waals surface area contributed by atoms with Gasteiger partial charge in [0.1, 0.15) is 6.61 Å². The van der Waals surface area contributed by atoms with Crippen molar-refractivity contribution in [3.8, 4) is 11.5 Å². The summed E-state index contributed by atoms with van der Waals surface area (Å²) >= 11 is 0. The van der Waals surface area contributed by atoms with Crippen LogP contribution >= 0.6 is 0 Å². The Morgan fingerprint density at radius 2 is 2.00 bits per heavy atom. The zero-order valence-corrected chi connectivity index (χ0v) is 12.7. The number of aliphatic hydroxyl groups is 1. The van der Waals surface area contributed by atoms with Crippen molar-refractivity contribution in [3.05, 3.63) is 23.8 Å². The van der Waals surface area contributed by atoms with Crippen LogP contribution in [-0.2, 0) is 6.54 Å². The summed E-state index contributed by atoms with van der Waals surface area (Å²) < 4.78 is 11.0. The van der Waals surface area contributed by atoms with Gasteiger partial charge in [-0.15, -0.1) is 0 Å². The summed E-state index contributed by atoms with van der Waals surface area (Å²) in [7, 11) is 4.12. The number of aliphatic hydroxyl groups excluding tert-OH is 1. The van der Waals surface area contributed by atoms with Gasteiger partial charge < -0.3 is 24.8 Å². The fourth-order valence-electron chi connectivity index (χ4n) is 1.74. The van der Waals surface area contributed by atoms with E-state index in [0.29, 0.717) is 12.4 Å². The Morgan fingerprint density at radius 1 is 1.20 bits per heavy atom. The zero-order valence-electron chi connectivity index (χ0n) is 12.7. The van der Waals surface area contributed by atoms with E-state index in [1.165, 1.54) is 0 Å². The second-order valence-electron chi connectivity index (χ2n) is 4.77. The highest BCUT2D eigenvalue weighted by Gasteiger charge is 2.06. The van der Waals surface area contributed by atoms with E-state index in [1.807, 2.05) is 25.1 Å². The van der Waals surface area contributed by atoms with Crippen LogP contribution in [0.25, 0.3) is 0 Å². The van der Waals surface area contributed by atoms with E-state index in [1.54, 1.807) is 0 Å². The predicted molar refractivity (Wildman–Crippen MR) is 80.5 cm³/mol. The average Bonchev–Trinajstić information content (AvgIpc) is 2.43. The van der Waals surface area contributed by atoms with Crippen molar-refractivity contribution in [2.24, 2.45) is 0 Å². The first kappa shape index (κ1) is 16.8. The SMILES string of the molecule is CCOc1cc(CNCCN(C)C)ccc1OCCO. The first-order chi connectivity index (χ1) is 9.67. The Hall–Kier alpha value is -1.30. The number of hydrogen-bond donors (Lipinski definition) is 2. The molecule has 2 N–H and O–H groups in total. The first-order valence-electron chi connectivity index (χ1n) is 7.02. The molecule has 0 unspecified atom stereocenters. The van der Waals surface area contributed by atoms with Crippen LogP contribution < -0.4 is 14.8 Å². The summed E-state index contributed by atoms with van der Waals surface area (Å²) in [5.41, 5.74) is 1.16. The zero-order chi connectivity index (χ0) is 14.8. The lowest BCUT2D eigenvalue weighted by Crippen LogP contribution is -2.26. The molecule has 5 heteroatoms. The topological polar surface area (TPSA) is 54.0 Å². The smallest absolute Gasteiger partial charge is 0.161 e. The van der Waals surface area contributed by atoms with Crippen LogP contribution in [0, 0.1) is 0 Å². The summed E-state index contributed by atoms with van der Waals surface area (Å²) in [6.45, 7) is 5.56. The maximum Gasteiger partial charge on any atom is 0.161 e. The third-order valence-electron chi connectivity index (χ3n) is 2.72. The van der Waals surface area contributed by atoms with E-state index in [9.17, 15) is 0 Å². The van der Waals surface area contributed by atoms with Crippen LogP contribution in [-0.4, -0.2) is 57.0 Å². The molecule has 114 valence electrons. The second-order valence-corrected chi connectivity index (χ2v) is 4.77. The van der Waals surface area contributed by atoms with Crippen molar-refractivity contribution < 1.29 is 14.6 Å². The molecule has 0 aliphatic heterocycles. The maximum atomic E-state index is 8.81. The molecular weight excluding hydrogens is 256 g/mol. The van der Waals surface area contributed by atoms with Crippen LogP contribution in [0.3, 0.4) is 0 Å². The number of nitrogens with zero attached hydrogens (tertiary/aromatic N) is 1. The lowest BCUT2D eigenvalue weighted by atomic mass is 10.2. The van der Waals surface area contributed by atoms with Gasteiger partial charge in [-0.25, -0.2) is 0 Å². The van der Waals surface area contributed by atoms with Gasteiger partial charge in [0.25, 0.3) is 0 Å². The molecule has 0 heterocycles. The molecule has 1 rings (SSSR count). The van der Waals surface area contributed by atoms with E-state index in [4.69, 9.17) is 14.6 Å². The fourth-order valence-corrected chi connectivity index (χ4v) is 1.74. The minimum absolute atomic E-state index is 0.000588. The molecule has 20 heavy (non-hydrogen) atoms. The van der Waals surface area contributed by atoms with Crippen LogP contribution in [0.2, 0.25) is 0 Å². The third-order valence-corrected chi connectivity index (χ3v) is 2.72. The Labute approximate surface area is 121 Å². The van der Waals surface area contributed by atoms with Crippen molar-refractivity contribution in [2.75, 3.05) is 47.0 Å². The maximum absolute atomic E-state index is 8.81. The number of nitrogens with one attached hydrogen (secondary N) is 1. The molecule has 0 aromatic heterocycles. The van der Waals surface area contributed by atoms with Crippen molar-refractivity contribution in [1.82, 2.24) is 10.2 Å². The van der Waals surface area contributed by atoms with Gasteiger partial charge in [0, 0.05) is 19.6 Å². The third kappa shape index (κ3) is 6.23. The largest absolute Gasteiger partial charge is 0.490 e. The summed E-state index contributed by atoms with van der Waals surface area (Å²) in [5.74, 6) is 1.41. The Balaban J connectivity index is 2.57. The molecule has 0 fully saturated rings. The highest BCUT2D eigenvalue weighted by molar-refractivity contribution is 5.43. The molecule has 1 aromatic carbocycles. The van der Waals surface area contributed by atoms with E-state index in [-0.39, 0.29) is 13.2 Å². The van der Waals surface area contributed by atoms with E-state index < -0.39 is 0 Å². The van der Waals surface area contributed by atoms with E-state index in [0.717, 1.165) is 30.9 Å². The van der Waals surface area contributed by atoms with Crippen LogP contribution in [0.1, 0.15) is 12.5 Å². The summed E-state index contributed by atoms with van der Waals surface area (Å²) in [6, 6.07) is 5.89. The van der Waals surface area contributed by atoms with E-state index >= 15 is 0 Å². The molecule has 0 amide bonds. The lowest BCUT2D eigenvalue weighted by molar-refractivity contribution is 0.194. The van der Waals surface area contributed by atoms with Crippen molar-refractivity contribution in [3.63, 3.8) is 0 Å². The summed E-state index contributed by atoms with van der Waals surface area (Å²) in [5, 5.41) is 12.2. The summed E-state index contributed by atoms with van der Waals surface area (Å²) in [6.07, 6.45) is 0. The lowest BCUT2D eigenvalue weighted by Gasteiger charge is -2.14. The number of benzene rings is 1. The molecule has 0 aliphatic carbocycles. The Morgan fingerprint density at radius 3 is 2.65 bits per heavy atom. The molecule has 0 bridgehead atoms. The molecule has 0 atom stereocenters. The quantitative estimate of drug-likeness (QED) is 0.630. The molecular formula is C15H26N2O3. The van der Waals surface area contributed by atoms with Crippen LogP contribution in [0.4, 0.5) is 0 Å². The standard InChI is InChI=1S/C15H26N2O3/c1-4-19-15-11-13(12-16-7-8-17(2)3)5-6-14(15)20-10-9-18/h5-6,11,16,18H,4,7-10,12H2,1-3H3. The van der Waals surface area contributed by atoms with Gasteiger partial charge >= 0.3 is 0 Å². The predicted octanol–water partition coefficient (Wildman–Crippen LogP) is 1.11. The van der Waals surface area contributed by atoms with Gasteiger partial charge in [-0.1, -0.05) is 6.07 Å². The molecule has 0 saturated carbocycles. The van der Waals surface area contributed by atoms with Crippen LogP contribution in [0.15, 0.2) is 18.2 Å².